The molecule has 4 rings (SSSR count). The summed E-state index contributed by atoms with van der Waals surface area (Å²) in [6, 6.07) is 22.9. The third-order valence-corrected chi connectivity index (χ3v) is 5.30. The lowest BCUT2D eigenvalue weighted by Crippen LogP contribution is -2.44. The van der Waals surface area contributed by atoms with Gasteiger partial charge >= 0.3 is 0 Å². The van der Waals surface area contributed by atoms with Gasteiger partial charge in [0.1, 0.15) is 11.4 Å². The molecular weight excluding hydrogens is 412 g/mol. The second kappa shape index (κ2) is 9.16. The largest absolute Gasteiger partial charge is 0.377 e. The molecule has 0 atom stereocenters. The van der Waals surface area contributed by atoms with Gasteiger partial charge in [-0.15, -0.1) is 15.3 Å². The number of nitrogens with two attached hydrogens (primary N) is 1. The lowest BCUT2D eigenvalue weighted by atomic mass is 9.85. The predicted molar refractivity (Wildman–Crippen MR) is 130 cm³/mol. The molecule has 0 saturated carbocycles. The minimum atomic E-state index is -0.660. The number of hydrogen-bond acceptors (Lipinski definition) is 6. The van der Waals surface area contributed by atoms with Gasteiger partial charge in [0.15, 0.2) is 5.70 Å². The van der Waals surface area contributed by atoms with Crippen LogP contribution < -0.4 is 11.1 Å². The smallest absolute Gasteiger partial charge is 0.271 e. The number of carbonyl (C=O) groups is 1. The molecule has 1 heterocycles. The fraction of sp³-hybridized carbons (Fsp3) is 0.192. The van der Waals surface area contributed by atoms with Crippen LogP contribution >= 0.6 is 0 Å². The van der Waals surface area contributed by atoms with Gasteiger partial charge in [-0.25, -0.2) is 0 Å². The molecule has 0 bridgehead atoms. The highest BCUT2D eigenvalue weighted by Gasteiger charge is 2.30. The first-order valence-electron chi connectivity index (χ1n) is 10.7. The molecule has 3 aromatic rings. The molecule has 1 amide bonds. The molecule has 0 aliphatic carbocycles. The van der Waals surface area contributed by atoms with Crippen molar-refractivity contribution < 1.29 is 4.79 Å². The van der Waals surface area contributed by atoms with Crippen molar-refractivity contribution in [1.82, 2.24) is 5.32 Å². The summed E-state index contributed by atoms with van der Waals surface area (Å²) in [4.78, 5) is 12.4. The Bertz CT molecular complexity index is 1270. The van der Waals surface area contributed by atoms with Crippen molar-refractivity contribution in [3.8, 4) is 0 Å². The summed E-state index contributed by atoms with van der Waals surface area (Å²) in [5.41, 5.74) is 11.0. The quantitative estimate of drug-likeness (QED) is 0.362. The molecule has 0 spiro atoms. The third-order valence-electron chi connectivity index (χ3n) is 5.30. The average Bonchev–Trinajstić information content (AvgIpc) is 2.78. The fourth-order valence-electron chi connectivity index (χ4n) is 3.71. The van der Waals surface area contributed by atoms with Crippen molar-refractivity contribution in [2.24, 2.45) is 26.2 Å². The molecule has 0 radical (unpaired) electrons. The van der Waals surface area contributed by atoms with Crippen molar-refractivity contribution in [2.75, 3.05) is 0 Å². The zero-order valence-electron chi connectivity index (χ0n) is 18.9. The van der Waals surface area contributed by atoms with Gasteiger partial charge in [-0.05, 0) is 57.0 Å². The standard InChI is InChI=1S/C26H26N6O/c1-17-12-14-19(15-13-17)29-30-21-10-6-7-11-22(21)31-32-24(25(27)33)23-20-9-5-4-8-18(20)16-26(2,3)28-23/h4-15,28H,16H2,1-3H3,(H2,27,33). The van der Waals surface area contributed by atoms with Crippen LogP contribution in [0.25, 0.3) is 5.70 Å². The molecule has 1 aliphatic heterocycles. The Labute approximate surface area is 193 Å². The van der Waals surface area contributed by atoms with Gasteiger partial charge in [-0.3, -0.25) is 4.79 Å². The molecule has 3 aromatic carbocycles. The van der Waals surface area contributed by atoms with Gasteiger partial charge in [0.05, 0.1) is 11.4 Å². The second-order valence-corrected chi connectivity index (χ2v) is 8.65. The number of carbonyl (C=O) groups excluding carboxylic acids is 1. The van der Waals surface area contributed by atoms with Crippen LogP contribution in [0.4, 0.5) is 17.1 Å². The Hall–Kier alpha value is -4.13. The maximum absolute atomic E-state index is 12.4. The normalized spacial score (nSPS) is 16.5. The molecule has 0 saturated heterocycles. The summed E-state index contributed by atoms with van der Waals surface area (Å²) in [5, 5.41) is 20.6. The van der Waals surface area contributed by atoms with Crippen molar-refractivity contribution in [3.05, 3.63) is 95.2 Å². The van der Waals surface area contributed by atoms with Crippen LogP contribution in [0.1, 0.15) is 30.5 Å². The number of amides is 1. The Kier molecular flexibility index (Phi) is 6.13. The minimum Gasteiger partial charge on any atom is -0.377 e. The van der Waals surface area contributed by atoms with E-state index in [0.29, 0.717) is 17.1 Å². The van der Waals surface area contributed by atoms with Crippen LogP contribution in [-0.4, -0.2) is 11.4 Å². The molecule has 7 nitrogen and oxygen atoms in total. The number of azo groups is 2. The highest BCUT2D eigenvalue weighted by Crippen LogP contribution is 2.34. The SMILES string of the molecule is Cc1ccc(N=Nc2ccccc2N=NC(C(N)=O)=C2NC(C)(C)Cc3ccccc32)cc1. The first-order chi connectivity index (χ1) is 15.8. The molecule has 0 aromatic heterocycles. The number of aryl methyl sites for hydroxylation is 1. The van der Waals surface area contributed by atoms with Crippen molar-refractivity contribution >= 4 is 28.7 Å². The number of primary amides is 1. The van der Waals surface area contributed by atoms with Crippen LogP contribution in [0.5, 0.6) is 0 Å². The summed E-state index contributed by atoms with van der Waals surface area (Å²) < 4.78 is 0. The lowest BCUT2D eigenvalue weighted by molar-refractivity contribution is -0.114. The summed E-state index contributed by atoms with van der Waals surface area (Å²) in [6.07, 6.45) is 0.818. The Balaban J connectivity index is 1.72. The highest BCUT2D eigenvalue weighted by atomic mass is 16.1. The zero-order chi connectivity index (χ0) is 23.4. The topological polar surface area (TPSA) is 105 Å². The van der Waals surface area contributed by atoms with E-state index in [1.165, 1.54) is 0 Å². The van der Waals surface area contributed by atoms with Crippen molar-refractivity contribution in [1.29, 1.82) is 0 Å². The molecule has 7 heteroatoms. The van der Waals surface area contributed by atoms with E-state index in [-0.39, 0.29) is 11.2 Å². The molecular formula is C26H26N6O. The van der Waals surface area contributed by atoms with E-state index in [4.69, 9.17) is 5.73 Å². The number of hydrogen-bond donors (Lipinski definition) is 2. The Morgan fingerprint density at radius 3 is 2.21 bits per heavy atom. The monoisotopic (exact) mass is 438 g/mol. The van der Waals surface area contributed by atoms with Gasteiger partial charge in [0, 0.05) is 11.1 Å². The van der Waals surface area contributed by atoms with E-state index in [0.717, 1.165) is 28.8 Å². The van der Waals surface area contributed by atoms with Crippen LogP contribution in [-0.2, 0) is 11.2 Å². The number of nitrogens with one attached hydrogen (secondary N) is 1. The number of benzene rings is 3. The predicted octanol–water partition coefficient (Wildman–Crippen LogP) is 6.27. The van der Waals surface area contributed by atoms with Crippen LogP contribution in [0.15, 0.2) is 99.0 Å². The number of fused-ring (bicyclic) bond motifs is 1. The average molecular weight is 439 g/mol. The molecule has 166 valence electrons. The second-order valence-electron chi connectivity index (χ2n) is 8.65. The van der Waals surface area contributed by atoms with Gasteiger partial charge in [-0.1, -0.05) is 54.1 Å². The lowest BCUT2D eigenvalue weighted by Gasteiger charge is -2.35. The minimum absolute atomic E-state index is 0.0699. The summed E-state index contributed by atoms with van der Waals surface area (Å²) >= 11 is 0. The molecule has 33 heavy (non-hydrogen) atoms. The molecule has 1 aliphatic rings. The Morgan fingerprint density at radius 1 is 0.879 bits per heavy atom. The molecule has 0 fully saturated rings. The fourth-order valence-corrected chi connectivity index (χ4v) is 3.71. The third kappa shape index (κ3) is 5.20. The summed E-state index contributed by atoms with van der Waals surface area (Å²) in [7, 11) is 0. The van der Waals surface area contributed by atoms with Crippen molar-refractivity contribution in [3.63, 3.8) is 0 Å². The van der Waals surface area contributed by atoms with Crippen LogP contribution in [0.3, 0.4) is 0 Å². The van der Waals surface area contributed by atoms with E-state index < -0.39 is 5.91 Å². The van der Waals surface area contributed by atoms with Gasteiger partial charge < -0.3 is 11.1 Å². The molecule has 3 N–H and O–H groups in total. The maximum Gasteiger partial charge on any atom is 0.271 e. The number of rotatable bonds is 5. The van der Waals surface area contributed by atoms with E-state index >= 15 is 0 Å². The first-order valence-corrected chi connectivity index (χ1v) is 10.7. The summed E-state index contributed by atoms with van der Waals surface area (Å²) in [5.74, 6) is -0.660. The van der Waals surface area contributed by atoms with Gasteiger partial charge in [0.25, 0.3) is 5.91 Å². The maximum atomic E-state index is 12.4. The highest BCUT2D eigenvalue weighted by molar-refractivity contribution is 6.00. The summed E-state index contributed by atoms with van der Waals surface area (Å²) in [6.45, 7) is 6.15. The number of nitrogens with zero attached hydrogens (tertiary/aromatic N) is 4. The Morgan fingerprint density at radius 2 is 1.52 bits per heavy atom. The van der Waals surface area contributed by atoms with E-state index in [1.54, 1.807) is 12.1 Å². The van der Waals surface area contributed by atoms with Crippen LogP contribution in [0, 0.1) is 6.92 Å². The van der Waals surface area contributed by atoms with Crippen LogP contribution in [0.2, 0.25) is 0 Å². The molecule has 0 unspecified atom stereocenters. The van der Waals surface area contributed by atoms with E-state index in [9.17, 15) is 4.79 Å². The van der Waals surface area contributed by atoms with Gasteiger partial charge in [0.2, 0.25) is 0 Å². The van der Waals surface area contributed by atoms with E-state index in [2.05, 4.69) is 45.7 Å². The van der Waals surface area contributed by atoms with Gasteiger partial charge in [-0.2, -0.15) is 5.11 Å². The van der Waals surface area contributed by atoms with Crippen molar-refractivity contribution in [2.45, 2.75) is 32.7 Å². The van der Waals surface area contributed by atoms with E-state index in [1.807, 2.05) is 61.5 Å². The zero-order valence-corrected chi connectivity index (χ0v) is 18.9. The first kappa shape index (κ1) is 22.1.